The molecule has 0 aliphatic carbocycles. The van der Waals surface area contributed by atoms with Gasteiger partial charge in [-0.3, -0.25) is 5.41 Å². The van der Waals surface area contributed by atoms with Gasteiger partial charge in [0.05, 0.1) is 5.56 Å². The molecule has 0 heterocycles. The molecule has 0 aromatic heterocycles. The predicted octanol–water partition coefficient (Wildman–Crippen LogP) is 4.79. The summed E-state index contributed by atoms with van der Waals surface area (Å²) in [6, 6.07) is 10.1. The average molecular weight is 331 g/mol. The van der Waals surface area contributed by atoms with Crippen LogP contribution in [0.3, 0.4) is 0 Å². The van der Waals surface area contributed by atoms with Gasteiger partial charge in [-0.25, -0.2) is 0 Å². The van der Waals surface area contributed by atoms with Crippen LogP contribution < -0.4 is 5.73 Å². The number of amidine groups is 1. The number of halogens is 4. The standard InChI is InChI=1S/C14H10ClF3N2S/c15-9-2-1-3-10(7-9)21-12-5-4-8(14(16,17)18)6-11(12)13(19)20/h1-7H,(H3,19,20). The quantitative estimate of drug-likeness (QED) is 0.627. The molecule has 0 saturated heterocycles. The molecule has 2 aromatic rings. The van der Waals surface area contributed by atoms with E-state index in [9.17, 15) is 13.2 Å². The maximum atomic E-state index is 12.7. The second-order valence-electron chi connectivity index (χ2n) is 4.18. The fourth-order valence-electron chi connectivity index (χ4n) is 1.66. The van der Waals surface area contributed by atoms with Crippen molar-refractivity contribution in [3.8, 4) is 0 Å². The molecular weight excluding hydrogens is 321 g/mol. The summed E-state index contributed by atoms with van der Waals surface area (Å²) in [5, 5.41) is 7.98. The summed E-state index contributed by atoms with van der Waals surface area (Å²) in [5.41, 5.74) is 4.61. The summed E-state index contributed by atoms with van der Waals surface area (Å²) in [6.45, 7) is 0. The Bertz CT molecular complexity index is 686. The van der Waals surface area contributed by atoms with E-state index < -0.39 is 17.6 Å². The SMILES string of the molecule is N=C(N)c1cc(C(F)(F)F)ccc1Sc1cccc(Cl)c1. The molecule has 3 N–H and O–H groups in total. The Balaban J connectivity index is 2.42. The van der Waals surface area contributed by atoms with Crippen molar-refractivity contribution in [2.75, 3.05) is 0 Å². The fraction of sp³-hybridized carbons (Fsp3) is 0.0714. The van der Waals surface area contributed by atoms with Crippen LogP contribution in [0.2, 0.25) is 5.02 Å². The van der Waals surface area contributed by atoms with E-state index in [2.05, 4.69) is 0 Å². The van der Waals surface area contributed by atoms with E-state index >= 15 is 0 Å². The van der Waals surface area contributed by atoms with Crippen molar-refractivity contribution in [3.63, 3.8) is 0 Å². The molecule has 0 fully saturated rings. The van der Waals surface area contributed by atoms with Gasteiger partial charge in [-0.2, -0.15) is 13.2 Å². The Morgan fingerprint density at radius 3 is 2.43 bits per heavy atom. The van der Waals surface area contributed by atoms with Crippen molar-refractivity contribution < 1.29 is 13.2 Å². The topological polar surface area (TPSA) is 49.9 Å². The van der Waals surface area contributed by atoms with Crippen LogP contribution in [-0.2, 0) is 6.18 Å². The summed E-state index contributed by atoms with van der Waals surface area (Å²) in [4.78, 5) is 1.22. The molecule has 2 nitrogen and oxygen atoms in total. The number of hydrogen-bond acceptors (Lipinski definition) is 2. The van der Waals surface area contributed by atoms with Gasteiger partial charge in [0.2, 0.25) is 0 Å². The monoisotopic (exact) mass is 330 g/mol. The lowest BCUT2D eigenvalue weighted by Crippen LogP contribution is -2.14. The highest BCUT2D eigenvalue weighted by atomic mass is 35.5. The third-order valence-electron chi connectivity index (χ3n) is 2.62. The summed E-state index contributed by atoms with van der Waals surface area (Å²) >= 11 is 7.07. The van der Waals surface area contributed by atoms with Gasteiger partial charge in [0, 0.05) is 20.4 Å². The molecule has 0 atom stereocenters. The van der Waals surface area contributed by atoms with Crippen molar-refractivity contribution in [3.05, 3.63) is 58.6 Å². The lowest BCUT2D eigenvalue weighted by Gasteiger charge is -2.12. The molecule has 0 unspecified atom stereocenters. The predicted molar refractivity (Wildman–Crippen MR) is 78.0 cm³/mol. The molecular formula is C14H10ClF3N2S. The summed E-state index contributed by atoms with van der Waals surface area (Å²) in [7, 11) is 0. The summed E-state index contributed by atoms with van der Waals surface area (Å²) in [6.07, 6.45) is -4.47. The number of alkyl halides is 3. The van der Waals surface area contributed by atoms with Crippen LogP contribution in [-0.4, -0.2) is 5.84 Å². The molecule has 2 aromatic carbocycles. The van der Waals surface area contributed by atoms with Gasteiger partial charge in [-0.1, -0.05) is 29.4 Å². The van der Waals surface area contributed by atoms with Crippen molar-refractivity contribution in [1.82, 2.24) is 0 Å². The van der Waals surface area contributed by atoms with Gasteiger partial charge in [-0.05, 0) is 36.4 Å². The highest BCUT2D eigenvalue weighted by Crippen LogP contribution is 2.36. The molecule has 110 valence electrons. The highest BCUT2D eigenvalue weighted by Gasteiger charge is 2.31. The largest absolute Gasteiger partial charge is 0.416 e. The molecule has 0 radical (unpaired) electrons. The van der Waals surface area contributed by atoms with Crippen molar-refractivity contribution in [2.45, 2.75) is 16.0 Å². The maximum absolute atomic E-state index is 12.7. The van der Waals surface area contributed by atoms with Gasteiger partial charge in [0.1, 0.15) is 5.84 Å². The van der Waals surface area contributed by atoms with E-state index in [1.165, 1.54) is 17.8 Å². The van der Waals surface area contributed by atoms with Crippen LogP contribution in [0.25, 0.3) is 0 Å². The van der Waals surface area contributed by atoms with Gasteiger partial charge in [-0.15, -0.1) is 0 Å². The first-order chi connectivity index (χ1) is 9.77. The molecule has 0 amide bonds. The first-order valence-electron chi connectivity index (χ1n) is 5.76. The van der Waals surface area contributed by atoms with Crippen LogP contribution in [0.1, 0.15) is 11.1 Å². The Kier molecular flexibility index (Phi) is 4.49. The molecule has 2 rings (SSSR count). The van der Waals surface area contributed by atoms with E-state index in [0.29, 0.717) is 9.92 Å². The minimum absolute atomic E-state index is 0.0507. The normalized spacial score (nSPS) is 11.4. The zero-order valence-electron chi connectivity index (χ0n) is 10.5. The second kappa shape index (κ2) is 5.99. The third-order valence-corrected chi connectivity index (χ3v) is 3.92. The summed E-state index contributed by atoms with van der Waals surface area (Å²) in [5.74, 6) is -0.411. The number of nitrogens with one attached hydrogen (secondary N) is 1. The minimum Gasteiger partial charge on any atom is -0.384 e. The minimum atomic E-state index is -4.47. The van der Waals surface area contributed by atoms with Gasteiger partial charge < -0.3 is 5.73 Å². The number of nitrogen functional groups attached to an aromatic ring is 1. The third kappa shape index (κ3) is 3.92. The summed E-state index contributed by atoms with van der Waals surface area (Å²) < 4.78 is 38.1. The smallest absolute Gasteiger partial charge is 0.384 e. The number of benzene rings is 2. The Morgan fingerprint density at radius 2 is 1.86 bits per heavy atom. The van der Waals surface area contributed by atoms with E-state index in [4.69, 9.17) is 22.7 Å². The Morgan fingerprint density at radius 1 is 1.14 bits per heavy atom. The Hall–Kier alpha value is -1.66. The highest BCUT2D eigenvalue weighted by molar-refractivity contribution is 7.99. The number of nitrogens with two attached hydrogens (primary N) is 1. The van der Waals surface area contributed by atoms with Gasteiger partial charge >= 0.3 is 6.18 Å². The molecule has 0 spiro atoms. The first-order valence-corrected chi connectivity index (χ1v) is 6.96. The molecule has 0 aliphatic heterocycles. The van der Waals surface area contributed by atoms with E-state index in [1.54, 1.807) is 24.3 Å². The fourth-order valence-corrected chi connectivity index (χ4v) is 2.92. The molecule has 0 saturated carbocycles. The Labute approximate surface area is 128 Å². The lowest BCUT2D eigenvalue weighted by atomic mass is 10.1. The van der Waals surface area contributed by atoms with Crippen LogP contribution in [0.15, 0.2) is 52.3 Å². The van der Waals surface area contributed by atoms with Crippen LogP contribution >= 0.6 is 23.4 Å². The van der Waals surface area contributed by atoms with Crippen LogP contribution in [0.4, 0.5) is 13.2 Å². The second-order valence-corrected chi connectivity index (χ2v) is 5.73. The van der Waals surface area contributed by atoms with Gasteiger partial charge in [0.25, 0.3) is 0 Å². The van der Waals surface area contributed by atoms with Crippen molar-refractivity contribution in [2.24, 2.45) is 5.73 Å². The van der Waals surface area contributed by atoms with Crippen LogP contribution in [0, 0.1) is 5.41 Å². The van der Waals surface area contributed by atoms with Gasteiger partial charge in [0.15, 0.2) is 0 Å². The molecule has 0 aliphatic rings. The average Bonchev–Trinajstić information content (AvgIpc) is 2.37. The van der Waals surface area contributed by atoms with Crippen LogP contribution in [0.5, 0.6) is 0 Å². The molecule has 0 bridgehead atoms. The van der Waals surface area contributed by atoms with Crippen molar-refractivity contribution in [1.29, 1.82) is 5.41 Å². The van der Waals surface area contributed by atoms with Crippen molar-refractivity contribution >= 4 is 29.2 Å². The maximum Gasteiger partial charge on any atom is 0.416 e. The van der Waals surface area contributed by atoms with E-state index in [1.807, 2.05) is 0 Å². The first kappa shape index (κ1) is 15.7. The molecule has 7 heteroatoms. The number of rotatable bonds is 3. The van der Waals surface area contributed by atoms with E-state index in [-0.39, 0.29) is 5.56 Å². The molecule has 21 heavy (non-hydrogen) atoms. The zero-order valence-corrected chi connectivity index (χ0v) is 12.1. The van der Waals surface area contributed by atoms with E-state index in [0.717, 1.165) is 17.0 Å². The number of hydrogen-bond donors (Lipinski definition) is 2. The lowest BCUT2D eigenvalue weighted by molar-refractivity contribution is -0.137. The zero-order chi connectivity index (χ0) is 15.6.